The molecular formula is C19H17ClO5. The van der Waals surface area contributed by atoms with E-state index in [1.54, 1.807) is 12.1 Å². The number of hydrogen-bond acceptors (Lipinski definition) is 5. The summed E-state index contributed by atoms with van der Waals surface area (Å²) in [6.45, 7) is 0. The van der Waals surface area contributed by atoms with Crippen LogP contribution in [0.15, 0.2) is 42.5 Å². The Bertz CT molecular complexity index is 809. The fourth-order valence-corrected chi connectivity index (χ4v) is 2.82. The van der Waals surface area contributed by atoms with E-state index in [1.807, 2.05) is 12.1 Å². The zero-order valence-corrected chi connectivity index (χ0v) is 14.6. The number of benzene rings is 2. The Morgan fingerprint density at radius 2 is 1.68 bits per heavy atom. The van der Waals surface area contributed by atoms with Crippen LogP contribution in [0.3, 0.4) is 0 Å². The van der Waals surface area contributed by atoms with Crippen LogP contribution in [0.5, 0.6) is 11.5 Å². The van der Waals surface area contributed by atoms with Crippen molar-refractivity contribution >= 4 is 23.5 Å². The maximum atomic E-state index is 12.7. The van der Waals surface area contributed by atoms with Crippen molar-refractivity contribution in [2.24, 2.45) is 0 Å². The topological polar surface area (TPSA) is 61.8 Å². The largest absolute Gasteiger partial charge is 0.493 e. The van der Waals surface area contributed by atoms with Crippen LogP contribution in [0.2, 0.25) is 5.02 Å². The number of rotatable bonds is 5. The molecule has 0 bridgehead atoms. The molecule has 0 aliphatic heterocycles. The van der Waals surface area contributed by atoms with E-state index < -0.39 is 11.4 Å². The van der Waals surface area contributed by atoms with E-state index in [1.165, 1.54) is 32.4 Å². The predicted octanol–water partition coefficient (Wildman–Crippen LogP) is 3.77. The number of halogens is 1. The van der Waals surface area contributed by atoms with Gasteiger partial charge >= 0.3 is 11.9 Å². The minimum Gasteiger partial charge on any atom is -0.493 e. The van der Waals surface area contributed by atoms with Crippen molar-refractivity contribution in [1.29, 1.82) is 0 Å². The first-order valence-corrected chi connectivity index (χ1v) is 8.12. The summed E-state index contributed by atoms with van der Waals surface area (Å²) in [7, 11) is 2.74. The highest BCUT2D eigenvalue weighted by atomic mass is 35.5. The molecule has 6 heteroatoms. The van der Waals surface area contributed by atoms with Gasteiger partial charge in [-0.25, -0.2) is 4.79 Å². The molecule has 130 valence electrons. The van der Waals surface area contributed by atoms with Crippen LogP contribution in [0, 0.1) is 0 Å². The SMILES string of the molecule is COC(=O)c1ccc(OC(=O)C2(c3ccc(Cl)cc3)CC2)c(OC)c1. The van der Waals surface area contributed by atoms with Crippen LogP contribution < -0.4 is 9.47 Å². The van der Waals surface area contributed by atoms with Crippen molar-refractivity contribution in [3.05, 3.63) is 58.6 Å². The Morgan fingerprint density at radius 1 is 1.00 bits per heavy atom. The molecule has 0 atom stereocenters. The third kappa shape index (κ3) is 3.33. The average Bonchev–Trinajstić information content (AvgIpc) is 3.44. The van der Waals surface area contributed by atoms with Crippen LogP contribution in [0.25, 0.3) is 0 Å². The van der Waals surface area contributed by atoms with Gasteiger partial charge in [-0.3, -0.25) is 4.79 Å². The van der Waals surface area contributed by atoms with Crippen molar-refractivity contribution in [3.63, 3.8) is 0 Å². The molecule has 0 aromatic heterocycles. The first kappa shape index (κ1) is 17.3. The normalized spacial score (nSPS) is 14.5. The zero-order valence-electron chi connectivity index (χ0n) is 13.9. The lowest BCUT2D eigenvalue weighted by Crippen LogP contribution is -2.26. The number of hydrogen-bond donors (Lipinski definition) is 0. The molecule has 0 N–H and O–H groups in total. The quantitative estimate of drug-likeness (QED) is 0.600. The molecule has 0 unspecified atom stereocenters. The zero-order chi connectivity index (χ0) is 18.0. The molecule has 1 fully saturated rings. The summed E-state index contributed by atoms with van der Waals surface area (Å²) in [5.74, 6) is -0.279. The van der Waals surface area contributed by atoms with E-state index in [0.717, 1.165) is 18.4 Å². The molecule has 0 radical (unpaired) electrons. The maximum absolute atomic E-state index is 12.7. The van der Waals surface area contributed by atoms with Gasteiger partial charge in [0.25, 0.3) is 0 Å². The van der Waals surface area contributed by atoms with Crippen LogP contribution in [0.4, 0.5) is 0 Å². The van der Waals surface area contributed by atoms with Crippen LogP contribution in [-0.4, -0.2) is 26.2 Å². The second kappa shape index (κ2) is 6.76. The van der Waals surface area contributed by atoms with Crippen molar-refractivity contribution in [2.75, 3.05) is 14.2 Å². The predicted molar refractivity (Wildman–Crippen MR) is 92.3 cm³/mol. The van der Waals surface area contributed by atoms with E-state index in [9.17, 15) is 9.59 Å². The Morgan fingerprint density at radius 3 is 2.24 bits per heavy atom. The minimum atomic E-state index is -0.642. The maximum Gasteiger partial charge on any atom is 0.337 e. The number of esters is 2. The van der Waals surface area contributed by atoms with Gasteiger partial charge < -0.3 is 14.2 Å². The molecule has 2 aromatic rings. The second-order valence-corrected chi connectivity index (χ2v) is 6.27. The van der Waals surface area contributed by atoms with Gasteiger partial charge in [-0.1, -0.05) is 23.7 Å². The monoisotopic (exact) mass is 360 g/mol. The van der Waals surface area contributed by atoms with Crippen LogP contribution >= 0.6 is 11.6 Å². The Balaban J connectivity index is 1.83. The van der Waals surface area contributed by atoms with E-state index >= 15 is 0 Å². The summed E-state index contributed by atoms with van der Waals surface area (Å²) in [4.78, 5) is 24.3. The van der Waals surface area contributed by atoms with Crippen LogP contribution in [0.1, 0.15) is 28.8 Å². The van der Waals surface area contributed by atoms with Crippen molar-refractivity contribution in [3.8, 4) is 11.5 Å². The number of ether oxygens (including phenoxy) is 3. The third-order valence-electron chi connectivity index (χ3n) is 4.32. The highest BCUT2D eigenvalue weighted by Crippen LogP contribution is 2.49. The van der Waals surface area contributed by atoms with Crippen molar-refractivity contribution in [1.82, 2.24) is 0 Å². The van der Waals surface area contributed by atoms with E-state index in [0.29, 0.717) is 16.3 Å². The van der Waals surface area contributed by atoms with Gasteiger partial charge in [0.05, 0.1) is 25.2 Å². The number of carbonyl (C=O) groups excluding carboxylic acids is 2. The summed E-state index contributed by atoms with van der Waals surface area (Å²) < 4.78 is 15.5. The third-order valence-corrected chi connectivity index (χ3v) is 4.58. The number of methoxy groups -OCH3 is 2. The van der Waals surface area contributed by atoms with E-state index in [-0.39, 0.29) is 11.7 Å². The first-order chi connectivity index (χ1) is 12.0. The molecule has 0 saturated heterocycles. The van der Waals surface area contributed by atoms with Gasteiger partial charge in [-0.2, -0.15) is 0 Å². The van der Waals surface area contributed by atoms with Gasteiger partial charge in [-0.15, -0.1) is 0 Å². The molecule has 1 saturated carbocycles. The molecule has 0 spiro atoms. The smallest absolute Gasteiger partial charge is 0.337 e. The molecule has 25 heavy (non-hydrogen) atoms. The molecule has 3 rings (SSSR count). The lowest BCUT2D eigenvalue weighted by atomic mass is 9.96. The fraction of sp³-hybridized carbons (Fsp3) is 0.263. The molecule has 5 nitrogen and oxygen atoms in total. The molecular weight excluding hydrogens is 344 g/mol. The molecule has 0 amide bonds. The Hall–Kier alpha value is -2.53. The van der Waals surface area contributed by atoms with E-state index in [4.69, 9.17) is 21.1 Å². The molecule has 1 aliphatic carbocycles. The highest BCUT2D eigenvalue weighted by Gasteiger charge is 2.53. The van der Waals surface area contributed by atoms with Crippen molar-refractivity contribution in [2.45, 2.75) is 18.3 Å². The average molecular weight is 361 g/mol. The summed E-state index contributed by atoms with van der Waals surface area (Å²) in [5.41, 5.74) is 0.557. The first-order valence-electron chi connectivity index (χ1n) is 7.75. The minimum absolute atomic E-state index is 0.264. The van der Waals surface area contributed by atoms with E-state index in [2.05, 4.69) is 4.74 Å². The van der Waals surface area contributed by atoms with Gasteiger partial charge in [0.2, 0.25) is 0 Å². The lowest BCUT2D eigenvalue weighted by molar-refractivity contribution is -0.137. The highest BCUT2D eigenvalue weighted by molar-refractivity contribution is 6.30. The molecule has 1 aliphatic rings. The Labute approximate surface area is 150 Å². The number of carbonyl (C=O) groups is 2. The fourth-order valence-electron chi connectivity index (χ4n) is 2.70. The standard InChI is InChI=1S/C19H17ClO5/c1-23-16-11-12(17(21)24-2)3-8-15(16)25-18(22)19(9-10-19)13-4-6-14(20)7-5-13/h3-8,11H,9-10H2,1-2H3. The van der Waals surface area contributed by atoms with Gasteiger partial charge in [0.1, 0.15) is 0 Å². The summed E-state index contributed by atoms with van der Waals surface area (Å²) in [6.07, 6.45) is 1.44. The van der Waals surface area contributed by atoms with Crippen molar-refractivity contribution < 1.29 is 23.8 Å². The lowest BCUT2D eigenvalue weighted by Gasteiger charge is -2.16. The van der Waals surface area contributed by atoms with Crippen LogP contribution in [-0.2, 0) is 14.9 Å². The summed E-state index contributed by atoms with van der Waals surface area (Å²) in [6, 6.07) is 11.7. The summed E-state index contributed by atoms with van der Waals surface area (Å²) in [5, 5.41) is 0.619. The van der Waals surface area contributed by atoms with Gasteiger partial charge in [-0.05, 0) is 48.7 Å². The molecule has 0 heterocycles. The van der Waals surface area contributed by atoms with Gasteiger partial charge in [0.15, 0.2) is 11.5 Å². The summed E-state index contributed by atoms with van der Waals surface area (Å²) >= 11 is 5.91. The second-order valence-electron chi connectivity index (χ2n) is 5.84. The van der Waals surface area contributed by atoms with Gasteiger partial charge in [0, 0.05) is 5.02 Å². The Kier molecular flexibility index (Phi) is 4.68. The molecule has 2 aromatic carbocycles.